The lowest BCUT2D eigenvalue weighted by Crippen LogP contribution is -2.47. The van der Waals surface area contributed by atoms with Gasteiger partial charge in [0.1, 0.15) is 11.8 Å². The first kappa shape index (κ1) is 22.6. The van der Waals surface area contributed by atoms with Crippen LogP contribution in [0.25, 0.3) is 0 Å². The van der Waals surface area contributed by atoms with Gasteiger partial charge in [-0.2, -0.15) is 0 Å². The summed E-state index contributed by atoms with van der Waals surface area (Å²) >= 11 is 0. The van der Waals surface area contributed by atoms with Crippen LogP contribution in [0.15, 0.2) is 46.0 Å². The van der Waals surface area contributed by atoms with E-state index in [0.29, 0.717) is 18.6 Å². The molecule has 1 aromatic heterocycles. The summed E-state index contributed by atoms with van der Waals surface area (Å²) in [6.07, 6.45) is 4.07. The molecule has 0 saturated carbocycles. The first-order valence-corrected chi connectivity index (χ1v) is 11.4. The predicted molar refractivity (Wildman–Crippen MR) is 111 cm³/mol. The van der Waals surface area contributed by atoms with Gasteiger partial charge in [0.05, 0.1) is 36.4 Å². The van der Waals surface area contributed by atoms with Crippen molar-refractivity contribution < 1.29 is 30.8 Å². The molecule has 3 N–H and O–H groups in total. The van der Waals surface area contributed by atoms with Crippen molar-refractivity contribution in [2.75, 3.05) is 30.7 Å². The minimum absolute atomic E-state index is 0.0185. The first-order valence-electron chi connectivity index (χ1n) is 9.78. The van der Waals surface area contributed by atoms with Crippen LogP contribution in [0.5, 0.6) is 0 Å². The van der Waals surface area contributed by atoms with Crippen LogP contribution in [0.2, 0.25) is 0 Å². The zero-order valence-corrected chi connectivity index (χ0v) is 17.9. The fourth-order valence-electron chi connectivity index (χ4n) is 3.68. The molecule has 0 spiro atoms. The number of rotatable bonds is 4. The Hall–Kier alpha value is -3.55. The summed E-state index contributed by atoms with van der Waals surface area (Å²) in [5, 5.41) is 2.32. The maximum atomic E-state index is 13.6. The number of carbonyl (C=O) groups excluding carboxylic acids is 1. The number of aliphatic imine (C=N–C) groups is 1. The van der Waals surface area contributed by atoms with E-state index in [1.807, 2.05) is 0 Å². The number of halogens is 3. The van der Waals surface area contributed by atoms with Crippen LogP contribution in [0.4, 0.5) is 23.7 Å². The van der Waals surface area contributed by atoms with Gasteiger partial charge in [-0.1, -0.05) is 0 Å². The van der Waals surface area contributed by atoms with Crippen LogP contribution < -0.4 is 11.1 Å². The number of oxazole rings is 1. The number of benzene rings is 1. The average molecular weight is 484 g/mol. The number of nitrogens with zero attached hydrogens (tertiary/aromatic N) is 4. The number of carbonyl (C=O) groups is 1. The van der Waals surface area contributed by atoms with Gasteiger partial charge < -0.3 is 20.4 Å². The van der Waals surface area contributed by atoms with E-state index in [1.165, 1.54) is 11.1 Å². The van der Waals surface area contributed by atoms with E-state index in [2.05, 4.69) is 15.3 Å². The number of aromatic nitrogens is 1. The second-order valence-electron chi connectivity index (χ2n) is 7.31. The molecule has 0 aliphatic carbocycles. The third kappa shape index (κ3) is 4.37. The Bertz CT molecular complexity index is 1210. The number of hydrogen-bond acceptors (Lipinski definition) is 7. The van der Waals surface area contributed by atoms with E-state index in [-0.39, 0.29) is 48.2 Å². The first-order chi connectivity index (χ1) is 15.7. The average Bonchev–Trinajstić information content (AvgIpc) is 3.42. The number of nitrogens with two attached hydrogens (primary N) is 1. The molecular formula is C19H19F3N6O4S. The summed E-state index contributed by atoms with van der Waals surface area (Å²) in [5.74, 6) is -4.35. The quantitative estimate of drug-likeness (QED) is 0.638. The van der Waals surface area contributed by atoms with Crippen LogP contribution in [-0.4, -0.2) is 59.7 Å². The predicted octanol–water partition coefficient (Wildman–Crippen LogP) is 1.96. The highest BCUT2D eigenvalue weighted by Gasteiger charge is 2.37. The van der Waals surface area contributed by atoms with Gasteiger partial charge >= 0.3 is 6.03 Å². The monoisotopic (exact) mass is 484 g/mol. The standard InChI is InChI=1S/C19H19F3N6O4S/c20-12-4-11(5-13(21)18(12)22)26-19(29)27-9-14(25-7-16(27)17-8-24-10-32-17)15(6-23)28-2-1-3-33(28,30)31/h4-6,8,10,16H,1-3,7,9,23H2,(H,26,29)/t16-/m1/s1. The van der Waals surface area contributed by atoms with Crippen LogP contribution >= 0.6 is 0 Å². The third-order valence-electron chi connectivity index (χ3n) is 5.25. The SMILES string of the molecule is NC=C(C1=NC[C@H](c2cnco2)N(C(=O)Nc2cc(F)c(F)c(F)c2)C1)N1CCCS1(=O)=O. The second kappa shape index (κ2) is 8.77. The Morgan fingerprint density at radius 3 is 2.58 bits per heavy atom. The molecule has 0 radical (unpaired) electrons. The molecule has 176 valence electrons. The van der Waals surface area contributed by atoms with Crippen molar-refractivity contribution in [3.8, 4) is 0 Å². The molecule has 1 aromatic carbocycles. The largest absolute Gasteiger partial charge is 0.446 e. The molecule has 2 amide bonds. The molecule has 14 heteroatoms. The molecule has 1 atom stereocenters. The minimum atomic E-state index is -3.57. The molecule has 33 heavy (non-hydrogen) atoms. The van der Waals surface area contributed by atoms with Crippen LogP contribution in [0.1, 0.15) is 18.2 Å². The van der Waals surface area contributed by atoms with Gasteiger partial charge in [-0.3, -0.25) is 9.30 Å². The number of nitrogens with one attached hydrogen (secondary N) is 1. The molecule has 1 fully saturated rings. The van der Waals surface area contributed by atoms with E-state index < -0.39 is 39.5 Å². The van der Waals surface area contributed by atoms with Gasteiger partial charge in [0.2, 0.25) is 10.0 Å². The molecule has 4 rings (SSSR count). The summed E-state index contributed by atoms with van der Waals surface area (Å²) in [6, 6.07) is -0.281. The Morgan fingerprint density at radius 2 is 2.00 bits per heavy atom. The minimum Gasteiger partial charge on any atom is -0.446 e. The van der Waals surface area contributed by atoms with Gasteiger partial charge in [-0.25, -0.2) is 31.4 Å². The Kier molecular flexibility index (Phi) is 6.01. The molecule has 2 aliphatic heterocycles. The van der Waals surface area contributed by atoms with Crippen molar-refractivity contribution in [1.82, 2.24) is 14.2 Å². The molecule has 0 unspecified atom stereocenters. The van der Waals surface area contributed by atoms with Crippen LogP contribution in [0, 0.1) is 17.5 Å². The lowest BCUT2D eigenvalue weighted by Gasteiger charge is -2.35. The molecule has 1 saturated heterocycles. The van der Waals surface area contributed by atoms with E-state index in [4.69, 9.17) is 10.2 Å². The summed E-state index contributed by atoms with van der Waals surface area (Å²) < 4.78 is 71.6. The molecule has 10 nitrogen and oxygen atoms in total. The summed E-state index contributed by atoms with van der Waals surface area (Å²) in [6.45, 7) is 0.00394. The molecular weight excluding hydrogens is 465 g/mol. The Balaban J connectivity index is 1.64. The van der Waals surface area contributed by atoms with E-state index in [0.717, 1.165) is 16.9 Å². The maximum Gasteiger partial charge on any atom is 0.322 e. The number of hydrogen-bond donors (Lipinski definition) is 2. The zero-order chi connectivity index (χ0) is 23.8. The molecule has 2 aromatic rings. The maximum absolute atomic E-state index is 13.6. The van der Waals surface area contributed by atoms with E-state index in [9.17, 15) is 26.4 Å². The van der Waals surface area contributed by atoms with Crippen molar-refractivity contribution >= 4 is 27.5 Å². The van der Waals surface area contributed by atoms with Gasteiger partial charge in [0.25, 0.3) is 0 Å². The van der Waals surface area contributed by atoms with Gasteiger partial charge in [0, 0.05) is 30.6 Å². The summed E-state index contributed by atoms with van der Waals surface area (Å²) in [7, 11) is -3.57. The molecule has 0 bridgehead atoms. The van der Waals surface area contributed by atoms with Crippen molar-refractivity contribution in [2.24, 2.45) is 10.7 Å². The highest BCUT2D eigenvalue weighted by molar-refractivity contribution is 7.89. The fourth-order valence-corrected chi connectivity index (χ4v) is 5.27. The number of anilines is 1. The normalized spacial score (nSPS) is 20.6. The van der Waals surface area contributed by atoms with Crippen LogP contribution in [0.3, 0.4) is 0 Å². The summed E-state index contributed by atoms with van der Waals surface area (Å²) in [5.41, 5.74) is 5.77. The van der Waals surface area contributed by atoms with Crippen molar-refractivity contribution in [3.63, 3.8) is 0 Å². The van der Waals surface area contributed by atoms with E-state index in [1.54, 1.807) is 0 Å². The Labute approximate surface area is 186 Å². The number of urea groups is 1. The van der Waals surface area contributed by atoms with Gasteiger partial charge in [0.15, 0.2) is 23.8 Å². The Morgan fingerprint density at radius 1 is 1.27 bits per heavy atom. The van der Waals surface area contributed by atoms with Crippen molar-refractivity contribution in [3.05, 3.63) is 59.8 Å². The molecule has 2 aliphatic rings. The number of amides is 2. The lowest BCUT2D eigenvalue weighted by molar-refractivity contribution is 0.187. The second-order valence-corrected chi connectivity index (χ2v) is 9.33. The number of sulfonamides is 1. The smallest absolute Gasteiger partial charge is 0.322 e. The summed E-state index contributed by atoms with van der Waals surface area (Å²) in [4.78, 5) is 22.5. The topological polar surface area (TPSA) is 134 Å². The van der Waals surface area contributed by atoms with Crippen molar-refractivity contribution in [1.29, 1.82) is 0 Å². The van der Waals surface area contributed by atoms with E-state index >= 15 is 0 Å². The zero-order valence-electron chi connectivity index (χ0n) is 17.0. The van der Waals surface area contributed by atoms with Gasteiger partial charge in [-0.15, -0.1) is 0 Å². The highest BCUT2D eigenvalue weighted by Crippen LogP contribution is 2.29. The lowest BCUT2D eigenvalue weighted by atomic mass is 10.1. The third-order valence-corrected chi connectivity index (χ3v) is 7.10. The fraction of sp³-hybridized carbons (Fsp3) is 0.316. The molecule has 3 heterocycles. The highest BCUT2D eigenvalue weighted by atomic mass is 32.2. The van der Waals surface area contributed by atoms with Gasteiger partial charge in [-0.05, 0) is 6.42 Å². The van der Waals surface area contributed by atoms with Crippen LogP contribution in [-0.2, 0) is 10.0 Å². The van der Waals surface area contributed by atoms with Crippen molar-refractivity contribution in [2.45, 2.75) is 12.5 Å².